The number of ether oxygens (including phenoxy) is 4. The molecule has 0 heterocycles. The van der Waals surface area contributed by atoms with E-state index in [-0.39, 0.29) is 25.2 Å². The van der Waals surface area contributed by atoms with Crippen LogP contribution in [0.3, 0.4) is 0 Å². The molecule has 0 radical (unpaired) electrons. The van der Waals surface area contributed by atoms with Gasteiger partial charge in [-0.25, -0.2) is 9.59 Å². The van der Waals surface area contributed by atoms with Crippen molar-refractivity contribution in [1.82, 2.24) is 4.90 Å². The van der Waals surface area contributed by atoms with E-state index in [1.165, 1.54) is 6.42 Å². The molecule has 0 spiro atoms. The Bertz CT molecular complexity index is 1020. The number of hydrogen-bond donors (Lipinski definition) is 1. The first-order valence-corrected chi connectivity index (χ1v) is 14.2. The van der Waals surface area contributed by atoms with E-state index in [0.29, 0.717) is 54.3 Å². The molecule has 214 valence electrons. The van der Waals surface area contributed by atoms with Crippen molar-refractivity contribution < 1.29 is 33.6 Å². The summed E-state index contributed by atoms with van der Waals surface area (Å²) in [6, 6.07) is 12.2. The minimum atomic E-state index is -0.987. The van der Waals surface area contributed by atoms with Gasteiger partial charge < -0.3 is 29.0 Å². The summed E-state index contributed by atoms with van der Waals surface area (Å²) in [7, 11) is 0. The molecule has 1 unspecified atom stereocenters. The fourth-order valence-electron chi connectivity index (χ4n) is 4.38. The molecular weight excluding hydrogens is 545 g/mol. The van der Waals surface area contributed by atoms with Crippen LogP contribution in [0.2, 0.25) is 10.0 Å². The van der Waals surface area contributed by atoms with Gasteiger partial charge in [0, 0.05) is 29.6 Å². The van der Waals surface area contributed by atoms with Gasteiger partial charge in [-0.15, -0.1) is 0 Å². The zero-order valence-corrected chi connectivity index (χ0v) is 23.8. The second-order valence-electron chi connectivity index (χ2n) is 9.42. The largest absolute Gasteiger partial charge is 0.493 e. The number of carboxylic acid groups (broad SMARTS) is 1. The molecule has 0 aromatic heterocycles. The molecule has 2 aromatic carbocycles. The standard InChI is InChI=1S/C29H37Cl2NO7/c1-2-36-27(28(33)34)17-21-9-11-24(12-10-21)38-16-14-32(29(35)39-25-7-4-3-5-8-25)13-6-15-37-26-19-22(30)18-23(31)20-26/h9-12,18-20,25,27H,2-8,13-17H2,1H3,(H,33,34). The predicted molar refractivity (Wildman–Crippen MR) is 150 cm³/mol. The number of carbonyl (C=O) groups is 2. The second-order valence-corrected chi connectivity index (χ2v) is 10.3. The Balaban J connectivity index is 1.50. The van der Waals surface area contributed by atoms with Crippen molar-refractivity contribution in [1.29, 1.82) is 0 Å². The number of benzene rings is 2. The SMILES string of the molecule is CCOC(Cc1ccc(OCCN(CCCOc2cc(Cl)cc(Cl)c2)C(=O)OC2CCCCC2)cc1)C(=O)O. The lowest BCUT2D eigenvalue weighted by molar-refractivity contribution is -0.149. The lowest BCUT2D eigenvalue weighted by atomic mass is 9.98. The summed E-state index contributed by atoms with van der Waals surface area (Å²) in [5, 5.41) is 10.3. The van der Waals surface area contributed by atoms with Crippen LogP contribution in [-0.2, 0) is 20.7 Å². The van der Waals surface area contributed by atoms with Crippen molar-refractivity contribution in [3.63, 3.8) is 0 Å². The van der Waals surface area contributed by atoms with Gasteiger partial charge in [-0.05, 0) is 74.9 Å². The van der Waals surface area contributed by atoms with Gasteiger partial charge in [0.2, 0.25) is 0 Å². The number of rotatable bonds is 15. The maximum absolute atomic E-state index is 13.0. The molecule has 1 atom stereocenters. The minimum Gasteiger partial charge on any atom is -0.493 e. The summed E-state index contributed by atoms with van der Waals surface area (Å²) in [6.07, 6.45) is 4.70. The number of aliphatic carboxylic acids is 1. The number of nitrogens with zero attached hydrogens (tertiary/aromatic N) is 1. The molecule has 1 N–H and O–H groups in total. The van der Waals surface area contributed by atoms with Crippen molar-refractivity contribution in [3.05, 3.63) is 58.1 Å². The van der Waals surface area contributed by atoms with Gasteiger partial charge in [-0.3, -0.25) is 0 Å². The van der Waals surface area contributed by atoms with E-state index in [4.69, 9.17) is 42.1 Å². The highest BCUT2D eigenvalue weighted by molar-refractivity contribution is 6.34. The Morgan fingerprint density at radius 2 is 1.62 bits per heavy atom. The van der Waals surface area contributed by atoms with Crippen LogP contribution in [0.5, 0.6) is 11.5 Å². The molecule has 1 fully saturated rings. The molecule has 8 nitrogen and oxygen atoms in total. The highest BCUT2D eigenvalue weighted by Gasteiger charge is 2.22. The Hall–Kier alpha value is -2.68. The van der Waals surface area contributed by atoms with Gasteiger partial charge >= 0.3 is 12.1 Å². The van der Waals surface area contributed by atoms with Gasteiger partial charge in [0.25, 0.3) is 0 Å². The first kappa shape index (κ1) is 30.9. The van der Waals surface area contributed by atoms with Gasteiger partial charge in [0.1, 0.15) is 24.2 Å². The second kappa shape index (κ2) is 16.4. The number of hydrogen-bond acceptors (Lipinski definition) is 6. The van der Waals surface area contributed by atoms with Crippen molar-refractivity contribution in [2.45, 2.75) is 64.1 Å². The van der Waals surface area contributed by atoms with Crippen molar-refractivity contribution in [2.24, 2.45) is 0 Å². The van der Waals surface area contributed by atoms with E-state index < -0.39 is 12.1 Å². The summed E-state index contributed by atoms with van der Waals surface area (Å²) >= 11 is 12.1. The Morgan fingerprint density at radius 3 is 2.26 bits per heavy atom. The van der Waals surface area contributed by atoms with Crippen LogP contribution in [0.1, 0.15) is 51.0 Å². The third-order valence-electron chi connectivity index (χ3n) is 6.37. The topological polar surface area (TPSA) is 94.5 Å². The third kappa shape index (κ3) is 11.1. The first-order valence-electron chi connectivity index (χ1n) is 13.4. The van der Waals surface area contributed by atoms with Crippen LogP contribution < -0.4 is 9.47 Å². The minimum absolute atomic E-state index is 0.0432. The van der Waals surface area contributed by atoms with E-state index >= 15 is 0 Å². The molecule has 1 saturated carbocycles. The molecule has 1 aliphatic carbocycles. The van der Waals surface area contributed by atoms with Crippen LogP contribution in [-0.4, -0.2) is 67.2 Å². The van der Waals surface area contributed by atoms with Gasteiger partial charge in [0.05, 0.1) is 13.2 Å². The highest BCUT2D eigenvalue weighted by atomic mass is 35.5. The smallest absolute Gasteiger partial charge is 0.410 e. The van der Waals surface area contributed by atoms with Crippen molar-refractivity contribution >= 4 is 35.3 Å². The van der Waals surface area contributed by atoms with Crippen LogP contribution in [0.15, 0.2) is 42.5 Å². The van der Waals surface area contributed by atoms with E-state index in [1.807, 2.05) is 12.1 Å². The molecule has 10 heteroatoms. The number of carboxylic acids is 1. The first-order chi connectivity index (χ1) is 18.8. The lowest BCUT2D eigenvalue weighted by Crippen LogP contribution is -2.38. The zero-order chi connectivity index (χ0) is 28.0. The Labute approximate surface area is 240 Å². The van der Waals surface area contributed by atoms with Crippen molar-refractivity contribution in [3.8, 4) is 11.5 Å². The quantitative estimate of drug-likeness (QED) is 0.235. The molecular formula is C29H37Cl2NO7. The maximum Gasteiger partial charge on any atom is 0.410 e. The van der Waals surface area contributed by atoms with Gasteiger partial charge in [-0.2, -0.15) is 0 Å². The Kier molecular flexibility index (Phi) is 13.0. The fourth-order valence-corrected chi connectivity index (χ4v) is 4.89. The van der Waals surface area contributed by atoms with E-state index in [1.54, 1.807) is 42.2 Å². The summed E-state index contributed by atoms with van der Waals surface area (Å²) in [5.74, 6) is 0.217. The average Bonchev–Trinajstić information content (AvgIpc) is 2.90. The van der Waals surface area contributed by atoms with E-state index in [2.05, 4.69) is 0 Å². The van der Waals surface area contributed by atoms with Crippen LogP contribution >= 0.6 is 23.2 Å². The normalized spacial score (nSPS) is 14.4. The van der Waals surface area contributed by atoms with Crippen LogP contribution in [0.4, 0.5) is 4.79 Å². The van der Waals surface area contributed by atoms with Gasteiger partial charge in [-0.1, -0.05) is 41.8 Å². The summed E-state index contributed by atoms with van der Waals surface area (Å²) < 4.78 is 22.7. The van der Waals surface area contributed by atoms with Gasteiger partial charge in [0.15, 0.2) is 6.10 Å². The van der Waals surface area contributed by atoms with E-state index in [0.717, 1.165) is 31.2 Å². The molecule has 3 rings (SSSR count). The summed E-state index contributed by atoms with van der Waals surface area (Å²) in [6.45, 7) is 3.55. The zero-order valence-electron chi connectivity index (χ0n) is 22.3. The average molecular weight is 583 g/mol. The summed E-state index contributed by atoms with van der Waals surface area (Å²) in [5.41, 5.74) is 0.835. The highest BCUT2D eigenvalue weighted by Crippen LogP contribution is 2.24. The Morgan fingerprint density at radius 1 is 0.949 bits per heavy atom. The molecule has 2 aromatic rings. The monoisotopic (exact) mass is 581 g/mol. The lowest BCUT2D eigenvalue weighted by Gasteiger charge is -2.27. The predicted octanol–water partition coefficient (Wildman–Crippen LogP) is 6.64. The molecule has 0 bridgehead atoms. The van der Waals surface area contributed by atoms with Crippen LogP contribution in [0, 0.1) is 0 Å². The molecule has 0 aliphatic heterocycles. The molecule has 0 saturated heterocycles. The fraction of sp³-hybridized carbons (Fsp3) is 0.517. The van der Waals surface area contributed by atoms with E-state index in [9.17, 15) is 14.7 Å². The van der Waals surface area contributed by atoms with Crippen LogP contribution in [0.25, 0.3) is 0 Å². The number of amides is 1. The molecule has 39 heavy (non-hydrogen) atoms. The van der Waals surface area contributed by atoms with Crippen molar-refractivity contribution in [2.75, 3.05) is 32.9 Å². The number of carbonyl (C=O) groups excluding carboxylic acids is 1. The number of halogens is 2. The summed E-state index contributed by atoms with van der Waals surface area (Å²) in [4.78, 5) is 26.0. The molecule has 1 aliphatic rings. The molecule has 1 amide bonds. The third-order valence-corrected chi connectivity index (χ3v) is 6.81. The maximum atomic E-state index is 13.0.